The molecule has 0 saturated carbocycles. The molecule has 0 saturated heterocycles. The van der Waals surface area contributed by atoms with Crippen LogP contribution in [0.3, 0.4) is 0 Å². The van der Waals surface area contributed by atoms with E-state index in [1.165, 1.54) is 19.3 Å². The van der Waals surface area contributed by atoms with E-state index in [1.807, 2.05) is 30.3 Å². The molecule has 1 nitrogen and oxygen atoms in total. The van der Waals surface area contributed by atoms with Crippen molar-refractivity contribution in [2.75, 3.05) is 6.61 Å². The Balaban J connectivity index is 2.21. The normalized spacial score (nSPS) is 10.0. The SMILES string of the molecule is C#Cc1ccc2c(C#C)c(OCCCCCC)ccc2c1. The maximum Gasteiger partial charge on any atom is 0.135 e. The Hall–Kier alpha value is -2.38. The first-order valence-electron chi connectivity index (χ1n) is 7.43. The van der Waals surface area contributed by atoms with Crippen LogP contribution in [0.1, 0.15) is 43.7 Å². The third kappa shape index (κ3) is 3.59. The predicted molar refractivity (Wildman–Crippen MR) is 89.5 cm³/mol. The fourth-order valence-electron chi connectivity index (χ4n) is 2.38. The predicted octanol–water partition coefficient (Wildman–Crippen LogP) is 4.76. The average molecular weight is 276 g/mol. The number of unbranched alkanes of at least 4 members (excludes halogenated alkanes) is 3. The first-order chi connectivity index (χ1) is 10.3. The van der Waals surface area contributed by atoms with Crippen molar-refractivity contribution in [2.45, 2.75) is 32.6 Å². The molecule has 0 atom stereocenters. The van der Waals surface area contributed by atoms with E-state index in [1.54, 1.807) is 0 Å². The van der Waals surface area contributed by atoms with Gasteiger partial charge >= 0.3 is 0 Å². The van der Waals surface area contributed by atoms with E-state index < -0.39 is 0 Å². The molecule has 0 aliphatic carbocycles. The Morgan fingerprint density at radius 2 is 1.86 bits per heavy atom. The van der Waals surface area contributed by atoms with Crippen LogP contribution in [0.2, 0.25) is 0 Å². The third-order valence-corrected chi connectivity index (χ3v) is 3.55. The quantitative estimate of drug-likeness (QED) is 0.546. The number of benzene rings is 2. The summed E-state index contributed by atoms with van der Waals surface area (Å²) in [6.45, 7) is 2.91. The Labute approximate surface area is 127 Å². The molecule has 0 radical (unpaired) electrons. The van der Waals surface area contributed by atoms with Crippen LogP contribution in [0, 0.1) is 24.7 Å². The van der Waals surface area contributed by atoms with Crippen LogP contribution in [0.25, 0.3) is 10.8 Å². The lowest BCUT2D eigenvalue weighted by Gasteiger charge is -2.11. The summed E-state index contributed by atoms with van der Waals surface area (Å²) in [5.41, 5.74) is 1.67. The fourth-order valence-corrected chi connectivity index (χ4v) is 2.38. The molecular formula is C20H20O. The first-order valence-corrected chi connectivity index (χ1v) is 7.43. The first kappa shape index (κ1) is 15.0. The van der Waals surface area contributed by atoms with Crippen molar-refractivity contribution in [3.8, 4) is 30.4 Å². The second-order valence-electron chi connectivity index (χ2n) is 5.07. The number of hydrogen-bond donors (Lipinski definition) is 0. The zero-order valence-corrected chi connectivity index (χ0v) is 12.5. The molecule has 1 heteroatoms. The summed E-state index contributed by atoms with van der Waals surface area (Å²) < 4.78 is 5.86. The van der Waals surface area contributed by atoms with Crippen LogP contribution >= 0.6 is 0 Å². The van der Waals surface area contributed by atoms with Crippen molar-refractivity contribution in [3.63, 3.8) is 0 Å². The van der Waals surface area contributed by atoms with Crippen LogP contribution in [-0.2, 0) is 0 Å². The highest BCUT2D eigenvalue weighted by Crippen LogP contribution is 2.28. The van der Waals surface area contributed by atoms with Crippen molar-refractivity contribution in [2.24, 2.45) is 0 Å². The molecular weight excluding hydrogens is 256 g/mol. The van der Waals surface area contributed by atoms with Crippen LogP contribution < -0.4 is 4.74 Å². The Morgan fingerprint density at radius 3 is 2.57 bits per heavy atom. The van der Waals surface area contributed by atoms with Crippen molar-refractivity contribution in [1.29, 1.82) is 0 Å². The summed E-state index contributed by atoms with van der Waals surface area (Å²) in [6.07, 6.45) is 15.8. The highest BCUT2D eigenvalue weighted by Gasteiger charge is 2.07. The highest BCUT2D eigenvalue weighted by atomic mass is 16.5. The summed E-state index contributed by atoms with van der Waals surface area (Å²) in [4.78, 5) is 0. The molecule has 0 amide bonds. The van der Waals surface area contributed by atoms with Gasteiger partial charge in [-0.15, -0.1) is 12.8 Å². The van der Waals surface area contributed by atoms with E-state index in [4.69, 9.17) is 17.6 Å². The molecule has 0 spiro atoms. The minimum absolute atomic E-state index is 0.711. The van der Waals surface area contributed by atoms with Gasteiger partial charge in [-0.1, -0.05) is 50.2 Å². The fraction of sp³-hybridized carbons (Fsp3) is 0.300. The van der Waals surface area contributed by atoms with E-state index in [0.717, 1.165) is 34.1 Å². The minimum atomic E-state index is 0.711. The van der Waals surface area contributed by atoms with E-state index >= 15 is 0 Å². The molecule has 0 N–H and O–H groups in total. The molecule has 0 aromatic heterocycles. The zero-order chi connectivity index (χ0) is 15.1. The summed E-state index contributed by atoms with van der Waals surface area (Å²) >= 11 is 0. The van der Waals surface area contributed by atoms with Crippen LogP contribution in [0.15, 0.2) is 30.3 Å². The van der Waals surface area contributed by atoms with Gasteiger partial charge in [0.25, 0.3) is 0 Å². The molecule has 2 rings (SSSR count). The number of terminal acetylenes is 2. The maximum absolute atomic E-state index is 5.86. The van der Waals surface area contributed by atoms with E-state index in [-0.39, 0.29) is 0 Å². The molecule has 2 aromatic carbocycles. The highest BCUT2D eigenvalue weighted by molar-refractivity contribution is 5.91. The molecule has 0 heterocycles. The summed E-state index contributed by atoms with van der Waals surface area (Å²) in [5, 5.41) is 2.07. The van der Waals surface area contributed by atoms with Gasteiger partial charge in [-0.05, 0) is 30.0 Å². The van der Waals surface area contributed by atoms with Gasteiger partial charge < -0.3 is 4.74 Å². The summed E-state index contributed by atoms with van der Waals surface area (Å²) in [6, 6.07) is 9.81. The number of ether oxygens (including phenoxy) is 1. The van der Waals surface area contributed by atoms with Crippen LogP contribution in [0.5, 0.6) is 5.75 Å². The van der Waals surface area contributed by atoms with Crippen molar-refractivity contribution < 1.29 is 4.74 Å². The monoisotopic (exact) mass is 276 g/mol. The smallest absolute Gasteiger partial charge is 0.135 e. The Bertz CT molecular complexity index is 698. The summed E-state index contributed by atoms with van der Waals surface area (Å²) in [5.74, 6) is 6.18. The molecule has 0 aliphatic heterocycles. The van der Waals surface area contributed by atoms with E-state index in [9.17, 15) is 0 Å². The van der Waals surface area contributed by atoms with Gasteiger partial charge in [-0.25, -0.2) is 0 Å². The molecule has 0 fully saturated rings. The van der Waals surface area contributed by atoms with E-state index in [2.05, 4.69) is 18.8 Å². The van der Waals surface area contributed by atoms with Crippen LogP contribution in [0.4, 0.5) is 0 Å². The van der Waals surface area contributed by atoms with Crippen LogP contribution in [-0.4, -0.2) is 6.61 Å². The molecule has 106 valence electrons. The summed E-state index contributed by atoms with van der Waals surface area (Å²) in [7, 11) is 0. The van der Waals surface area contributed by atoms with Gasteiger partial charge in [0.15, 0.2) is 0 Å². The molecule has 21 heavy (non-hydrogen) atoms. The lowest BCUT2D eigenvalue weighted by atomic mass is 10.0. The topological polar surface area (TPSA) is 9.23 Å². The largest absolute Gasteiger partial charge is 0.492 e. The lowest BCUT2D eigenvalue weighted by Crippen LogP contribution is -1.99. The van der Waals surface area contributed by atoms with Gasteiger partial charge in [0.1, 0.15) is 5.75 Å². The van der Waals surface area contributed by atoms with Gasteiger partial charge in [0.05, 0.1) is 12.2 Å². The number of rotatable bonds is 6. The standard InChI is InChI=1S/C20H20O/c1-4-7-8-9-14-21-20-13-11-17-15-16(5-2)10-12-19(17)18(20)6-3/h2-3,10-13,15H,4,7-9,14H2,1H3. The molecule has 0 aliphatic rings. The zero-order valence-electron chi connectivity index (χ0n) is 12.5. The van der Waals surface area contributed by atoms with Crippen molar-refractivity contribution in [1.82, 2.24) is 0 Å². The van der Waals surface area contributed by atoms with Gasteiger partial charge in [0.2, 0.25) is 0 Å². The lowest BCUT2D eigenvalue weighted by molar-refractivity contribution is 0.305. The second-order valence-corrected chi connectivity index (χ2v) is 5.07. The van der Waals surface area contributed by atoms with Gasteiger partial charge in [-0.3, -0.25) is 0 Å². The van der Waals surface area contributed by atoms with Crippen molar-refractivity contribution >= 4 is 10.8 Å². The molecule has 0 unspecified atom stereocenters. The number of hydrogen-bond acceptors (Lipinski definition) is 1. The van der Waals surface area contributed by atoms with Gasteiger partial charge in [-0.2, -0.15) is 0 Å². The number of fused-ring (bicyclic) bond motifs is 1. The minimum Gasteiger partial charge on any atom is -0.492 e. The third-order valence-electron chi connectivity index (χ3n) is 3.55. The second kappa shape index (κ2) is 7.41. The van der Waals surface area contributed by atoms with Gasteiger partial charge in [0, 0.05) is 10.9 Å². The average Bonchev–Trinajstić information content (AvgIpc) is 2.53. The maximum atomic E-state index is 5.86. The van der Waals surface area contributed by atoms with E-state index in [0.29, 0.717) is 6.61 Å². The Kier molecular flexibility index (Phi) is 5.30. The Morgan fingerprint density at radius 1 is 1.00 bits per heavy atom. The van der Waals surface area contributed by atoms with Crippen molar-refractivity contribution in [3.05, 3.63) is 41.5 Å². The molecule has 2 aromatic rings. The molecule has 0 bridgehead atoms.